The predicted octanol–water partition coefficient (Wildman–Crippen LogP) is 5.09. The molecule has 4 aromatic rings. The number of fused-ring (bicyclic) bond motifs is 1. The molecular formula is C28H24F3N5O2. The first-order valence-electron chi connectivity index (χ1n) is 12.2. The van der Waals surface area contributed by atoms with Gasteiger partial charge in [-0.05, 0) is 43.4 Å². The third-order valence-corrected chi connectivity index (χ3v) is 6.78. The van der Waals surface area contributed by atoms with Crippen LogP contribution < -0.4 is 10.6 Å². The Hall–Kier alpha value is -4.36. The van der Waals surface area contributed by atoms with Gasteiger partial charge in [0.15, 0.2) is 17.7 Å². The van der Waals surface area contributed by atoms with Crippen molar-refractivity contribution in [2.24, 2.45) is 0 Å². The predicted molar refractivity (Wildman–Crippen MR) is 135 cm³/mol. The number of carbonyl (C=O) groups is 1. The van der Waals surface area contributed by atoms with Crippen LogP contribution in [0.25, 0.3) is 22.2 Å². The van der Waals surface area contributed by atoms with Gasteiger partial charge in [-0.15, -0.1) is 0 Å². The number of aliphatic hydroxyl groups is 1. The van der Waals surface area contributed by atoms with Crippen LogP contribution in [-0.2, 0) is 4.79 Å². The van der Waals surface area contributed by atoms with Gasteiger partial charge < -0.3 is 20.7 Å². The molecule has 1 aliphatic carbocycles. The summed E-state index contributed by atoms with van der Waals surface area (Å²) in [6.07, 6.45) is 2.71. The summed E-state index contributed by atoms with van der Waals surface area (Å²) in [5, 5.41) is 26.1. The van der Waals surface area contributed by atoms with Gasteiger partial charge in [0.2, 0.25) is 0 Å². The lowest BCUT2D eigenvalue weighted by Gasteiger charge is -2.31. The first kappa shape index (κ1) is 25.3. The van der Waals surface area contributed by atoms with Crippen molar-refractivity contribution in [1.29, 1.82) is 5.26 Å². The number of H-pyrrole nitrogens is 1. The second-order valence-electron chi connectivity index (χ2n) is 9.37. The molecule has 3 atom stereocenters. The minimum absolute atomic E-state index is 0.0504. The van der Waals surface area contributed by atoms with E-state index in [1.165, 1.54) is 6.20 Å². The van der Waals surface area contributed by atoms with Gasteiger partial charge >= 0.3 is 0 Å². The standard InChI is InChI=1S/C28H24F3N5O2/c29-17-10-20-21(14-33-25(20)22(30)11-17)24-16(13-32)9-23(31)27(36-24)34-18-7-4-8-19(12-18)35-28(38)26(37)15-5-2-1-3-6-15/h1-3,5-6,9-11,14,18-19,26,33,37H,4,7-8,12H2,(H,34,36)(H,35,38)/t18-,19+,26-/m0/s1. The Balaban J connectivity index is 1.36. The number of benzene rings is 2. The van der Waals surface area contributed by atoms with Crippen LogP contribution in [0.1, 0.15) is 42.9 Å². The third-order valence-electron chi connectivity index (χ3n) is 6.78. The van der Waals surface area contributed by atoms with Gasteiger partial charge in [-0.25, -0.2) is 18.2 Å². The van der Waals surface area contributed by atoms with Crippen LogP contribution in [0.15, 0.2) is 54.7 Å². The fourth-order valence-electron chi connectivity index (χ4n) is 4.94. The number of hydrogen-bond acceptors (Lipinski definition) is 5. The number of nitrogens with one attached hydrogen (secondary N) is 3. The SMILES string of the molecule is N#Cc1cc(F)c(N[C@H]2CCC[C@@H](NC(=O)[C@@H](O)c3ccccc3)C2)nc1-c1c[nH]c2c(F)cc(F)cc12. The maximum Gasteiger partial charge on any atom is 0.253 e. The number of rotatable bonds is 6. The van der Waals surface area contributed by atoms with E-state index in [1.807, 2.05) is 6.07 Å². The largest absolute Gasteiger partial charge is 0.378 e. The van der Waals surface area contributed by atoms with Gasteiger partial charge in [0.05, 0.1) is 16.8 Å². The second-order valence-corrected chi connectivity index (χ2v) is 9.37. The zero-order chi connectivity index (χ0) is 26.8. The lowest BCUT2D eigenvalue weighted by atomic mass is 9.90. The number of anilines is 1. The van der Waals surface area contributed by atoms with E-state index in [0.717, 1.165) is 24.6 Å². The van der Waals surface area contributed by atoms with E-state index in [4.69, 9.17) is 0 Å². The number of nitrogens with zero attached hydrogens (tertiary/aromatic N) is 2. The van der Waals surface area contributed by atoms with Crippen molar-refractivity contribution in [3.8, 4) is 17.3 Å². The summed E-state index contributed by atoms with van der Waals surface area (Å²) in [5.41, 5.74) is 0.807. The van der Waals surface area contributed by atoms with Crippen molar-refractivity contribution in [3.05, 3.63) is 83.3 Å². The third kappa shape index (κ3) is 5.06. The summed E-state index contributed by atoms with van der Waals surface area (Å²) >= 11 is 0. The van der Waals surface area contributed by atoms with Crippen molar-refractivity contribution in [2.75, 3.05) is 5.32 Å². The number of hydrogen-bond donors (Lipinski definition) is 4. The van der Waals surface area contributed by atoms with E-state index in [-0.39, 0.29) is 45.6 Å². The molecule has 38 heavy (non-hydrogen) atoms. The molecule has 1 amide bonds. The van der Waals surface area contributed by atoms with E-state index in [2.05, 4.69) is 20.6 Å². The monoisotopic (exact) mass is 519 g/mol. The highest BCUT2D eigenvalue weighted by Gasteiger charge is 2.27. The molecule has 2 aromatic carbocycles. The molecule has 0 saturated heterocycles. The molecule has 0 radical (unpaired) electrons. The highest BCUT2D eigenvalue weighted by atomic mass is 19.1. The maximum absolute atomic E-state index is 14.9. The highest BCUT2D eigenvalue weighted by Crippen LogP contribution is 2.34. The van der Waals surface area contributed by atoms with Crippen molar-refractivity contribution in [2.45, 2.75) is 43.9 Å². The number of aromatic nitrogens is 2. The second kappa shape index (κ2) is 10.6. The molecule has 0 aliphatic heterocycles. The molecule has 0 bridgehead atoms. The number of halogens is 3. The van der Waals surface area contributed by atoms with Gasteiger partial charge in [0.1, 0.15) is 17.7 Å². The Bertz CT molecular complexity index is 1530. The molecule has 1 fully saturated rings. The van der Waals surface area contributed by atoms with Crippen molar-refractivity contribution < 1.29 is 23.1 Å². The average Bonchev–Trinajstić information content (AvgIpc) is 3.34. The van der Waals surface area contributed by atoms with Crippen molar-refractivity contribution in [3.63, 3.8) is 0 Å². The smallest absolute Gasteiger partial charge is 0.253 e. The quantitative estimate of drug-likeness (QED) is 0.283. The number of carbonyl (C=O) groups excluding carboxylic acids is 1. The number of aromatic amines is 1. The summed E-state index contributed by atoms with van der Waals surface area (Å²) in [5.74, 6) is -2.94. The number of aliphatic hydroxyl groups excluding tert-OH is 1. The molecule has 4 N–H and O–H groups in total. The van der Waals surface area contributed by atoms with Crippen LogP contribution in [0.2, 0.25) is 0 Å². The van der Waals surface area contributed by atoms with Crippen LogP contribution in [0.4, 0.5) is 19.0 Å². The zero-order valence-corrected chi connectivity index (χ0v) is 20.1. The van der Waals surface area contributed by atoms with Gasteiger partial charge in [-0.2, -0.15) is 5.26 Å². The normalized spacial score (nSPS) is 18.1. The molecule has 0 spiro atoms. The minimum atomic E-state index is -1.30. The number of pyridine rings is 1. The fourth-order valence-corrected chi connectivity index (χ4v) is 4.94. The van der Waals surface area contributed by atoms with E-state index >= 15 is 0 Å². The summed E-state index contributed by atoms with van der Waals surface area (Å²) < 4.78 is 43.1. The van der Waals surface area contributed by atoms with Crippen LogP contribution in [0.5, 0.6) is 0 Å². The van der Waals surface area contributed by atoms with E-state index < -0.39 is 29.5 Å². The molecule has 194 valence electrons. The topological polar surface area (TPSA) is 114 Å². The molecule has 2 heterocycles. The Morgan fingerprint density at radius 2 is 1.87 bits per heavy atom. The van der Waals surface area contributed by atoms with Crippen molar-refractivity contribution >= 4 is 22.6 Å². The summed E-state index contributed by atoms with van der Waals surface area (Å²) in [6, 6.07) is 12.9. The molecule has 1 saturated carbocycles. The minimum Gasteiger partial charge on any atom is -0.378 e. The lowest BCUT2D eigenvalue weighted by Crippen LogP contribution is -2.43. The molecule has 10 heteroatoms. The van der Waals surface area contributed by atoms with E-state index in [9.17, 15) is 28.3 Å². The van der Waals surface area contributed by atoms with E-state index in [0.29, 0.717) is 24.8 Å². The summed E-state index contributed by atoms with van der Waals surface area (Å²) in [4.78, 5) is 19.7. The van der Waals surface area contributed by atoms with Crippen LogP contribution >= 0.6 is 0 Å². The number of nitriles is 1. The fraction of sp³-hybridized carbons (Fsp3) is 0.250. The Morgan fingerprint density at radius 1 is 1.11 bits per heavy atom. The summed E-state index contributed by atoms with van der Waals surface area (Å²) in [7, 11) is 0. The lowest BCUT2D eigenvalue weighted by molar-refractivity contribution is -0.130. The summed E-state index contributed by atoms with van der Waals surface area (Å²) in [6.45, 7) is 0. The van der Waals surface area contributed by atoms with Gasteiger partial charge in [-0.3, -0.25) is 4.79 Å². The van der Waals surface area contributed by atoms with E-state index in [1.54, 1.807) is 30.3 Å². The molecule has 2 aromatic heterocycles. The first-order valence-corrected chi connectivity index (χ1v) is 12.2. The molecule has 5 rings (SSSR count). The Kier molecular flexibility index (Phi) is 7.03. The van der Waals surface area contributed by atoms with Gasteiger partial charge in [0.25, 0.3) is 5.91 Å². The Labute approximate surface area is 216 Å². The van der Waals surface area contributed by atoms with Gasteiger partial charge in [0, 0.05) is 35.3 Å². The Morgan fingerprint density at radius 3 is 2.63 bits per heavy atom. The molecule has 1 aliphatic rings. The zero-order valence-electron chi connectivity index (χ0n) is 20.1. The average molecular weight is 520 g/mol. The van der Waals surface area contributed by atoms with Crippen LogP contribution in [0.3, 0.4) is 0 Å². The number of amides is 1. The maximum atomic E-state index is 14.9. The van der Waals surface area contributed by atoms with Crippen LogP contribution in [0, 0.1) is 28.8 Å². The van der Waals surface area contributed by atoms with Crippen molar-refractivity contribution in [1.82, 2.24) is 15.3 Å². The molecule has 0 unspecified atom stereocenters. The van der Waals surface area contributed by atoms with Gasteiger partial charge in [-0.1, -0.05) is 30.3 Å². The molecular weight excluding hydrogens is 495 g/mol. The first-order chi connectivity index (χ1) is 18.3. The molecule has 7 nitrogen and oxygen atoms in total. The highest BCUT2D eigenvalue weighted by molar-refractivity contribution is 5.96. The van der Waals surface area contributed by atoms with Crippen LogP contribution in [-0.4, -0.2) is 33.1 Å².